The average molecular weight is 700 g/mol. The summed E-state index contributed by atoms with van der Waals surface area (Å²) in [6.07, 6.45) is 0. The molecule has 0 aliphatic rings. The first-order chi connectivity index (χ1) is 23.9. The van der Waals surface area contributed by atoms with Crippen LogP contribution < -0.4 is 20.8 Å². The molecule has 0 saturated carbocycles. The van der Waals surface area contributed by atoms with Gasteiger partial charge in [0.2, 0.25) is 0 Å². The monoisotopic (exact) mass is 699 g/mol. The number of ether oxygens (including phenoxy) is 8. The highest BCUT2D eigenvalue weighted by molar-refractivity contribution is 6.99. The number of benzene rings is 3. The van der Waals surface area contributed by atoms with Crippen LogP contribution in [0.4, 0.5) is 5.69 Å². The van der Waals surface area contributed by atoms with E-state index in [0.717, 1.165) is 0 Å². The minimum atomic E-state index is -2.54. The average Bonchev–Trinajstić information content (AvgIpc) is 3.11. The van der Waals surface area contributed by atoms with Gasteiger partial charge in [-0.2, -0.15) is 0 Å². The molecule has 0 unspecified atom stereocenters. The lowest BCUT2D eigenvalue weighted by Gasteiger charge is -2.43. The number of nitrogens with two attached hydrogens (primary N) is 1. The number of anilines is 1. The number of hydrogen-bond acceptors (Lipinski definition) is 10. The molecular weight excluding hydrogens is 643 g/mol. The van der Waals surface area contributed by atoms with Crippen LogP contribution in [0.5, 0.6) is 5.75 Å². The number of nitrogen functional groups attached to an aromatic ring is 1. The van der Waals surface area contributed by atoms with Crippen molar-refractivity contribution in [1.29, 1.82) is 0 Å². The molecule has 0 bridgehead atoms. The van der Waals surface area contributed by atoms with Gasteiger partial charge < -0.3 is 48.1 Å². The van der Waals surface area contributed by atoms with Gasteiger partial charge in [0, 0.05) is 0 Å². The van der Waals surface area contributed by atoms with Crippen molar-refractivity contribution in [3.8, 4) is 5.75 Å². The molecule has 0 amide bonds. The maximum atomic E-state index is 6.84. The molecule has 3 rings (SSSR count). The molecular formula is C38H57NO9Si. The van der Waals surface area contributed by atoms with E-state index in [2.05, 4.69) is 81.4 Å². The highest BCUT2D eigenvalue weighted by Crippen LogP contribution is 2.36. The number of hydrogen-bond donors (Lipinski definition) is 1. The number of rotatable bonds is 28. The van der Waals surface area contributed by atoms with E-state index in [1.165, 1.54) is 10.4 Å². The van der Waals surface area contributed by atoms with E-state index in [0.29, 0.717) is 117 Å². The first-order valence-corrected chi connectivity index (χ1v) is 19.1. The lowest BCUT2D eigenvalue weighted by atomic mass is 10.2. The standard InChI is InChI=1S/C38H57NO9Si/c1-38(2,3)49(34-12-6-4-7-13-34,35-14-8-5-9-15-35)48-33-31-46-29-27-44-25-23-42-21-19-40-18-20-41-22-24-43-26-28-45-30-32-47-37-17-11-10-16-36(37)39/h4-17H,18-33,39H2,1-3H3. The van der Waals surface area contributed by atoms with E-state index < -0.39 is 8.32 Å². The third-order valence-electron chi connectivity index (χ3n) is 7.60. The Balaban J connectivity index is 1.08. The SMILES string of the molecule is CC(C)(C)[Si](OCCOCCOCCOCCOCCOCCOCCOCCOc1ccccc1N)(c1ccccc1)c1ccccc1. The first-order valence-electron chi connectivity index (χ1n) is 17.2. The van der Waals surface area contributed by atoms with Crippen LogP contribution in [-0.4, -0.2) is 114 Å². The van der Waals surface area contributed by atoms with Crippen molar-refractivity contribution in [3.05, 3.63) is 84.9 Å². The van der Waals surface area contributed by atoms with Crippen molar-refractivity contribution < 1.29 is 42.3 Å². The van der Waals surface area contributed by atoms with Crippen molar-refractivity contribution in [2.75, 3.05) is 111 Å². The fourth-order valence-electron chi connectivity index (χ4n) is 5.26. The van der Waals surface area contributed by atoms with Gasteiger partial charge in [0.1, 0.15) is 12.4 Å². The summed E-state index contributed by atoms with van der Waals surface area (Å²) in [7, 11) is -2.54. The van der Waals surface area contributed by atoms with Crippen LogP contribution in [-0.2, 0) is 37.6 Å². The van der Waals surface area contributed by atoms with E-state index in [1.54, 1.807) is 6.07 Å². The fourth-order valence-corrected chi connectivity index (χ4v) is 9.80. The van der Waals surface area contributed by atoms with E-state index in [4.69, 9.17) is 48.1 Å². The second kappa shape index (κ2) is 24.3. The summed E-state index contributed by atoms with van der Waals surface area (Å²) in [5.74, 6) is 0.671. The Morgan fingerprint density at radius 3 is 1.12 bits per heavy atom. The van der Waals surface area contributed by atoms with Crippen LogP contribution in [0, 0.1) is 0 Å². The maximum Gasteiger partial charge on any atom is 0.261 e. The normalized spacial score (nSPS) is 12.0. The molecule has 0 saturated heterocycles. The summed E-state index contributed by atoms with van der Waals surface area (Å²) < 4.78 is 51.5. The molecule has 0 aromatic heterocycles. The van der Waals surface area contributed by atoms with Crippen molar-refractivity contribution in [2.24, 2.45) is 0 Å². The predicted molar refractivity (Wildman–Crippen MR) is 196 cm³/mol. The van der Waals surface area contributed by atoms with Crippen LogP contribution in [0.2, 0.25) is 5.04 Å². The second-order valence-electron chi connectivity index (χ2n) is 12.2. The highest BCUT2D eigenvalue weighted by Gasteiger charge is 2.50. The fraction of sp³-hybridized carbons (Fsp3) is 0.526. The van der Waals surface area contributed by atoms with E-state index in [9.17, 15) is 0 Å². The molecule has 0 aliphatic heterocycles. The van der Waals surface area contributed by atoms with Gasteiger partial charge in [-0.15, -0.1) is 0 Å². The molecule has 0 atom stereocenters. The molecule has 0 heterocycles. The summed E-state index contributed by atoms with van der Waals surface area (Å²) in [6.45, 7) is 14.8. The quantitative estimate of drug-likeness (QED) is 0.0668. The molecule has 0 spiro atoms. The van der Waals surface area contributed by atoms with Gasteiger partial charge in [0.25, 0.3) is 8.32 Å². The largest absolute Gasteiger partial charge is 0.489 e. The minimum absolute atomic E-state index is 0.0546. The third kappa shape index (κ3) is 15.3. The second-order valence-corrected chi connectivity index (χ2v) is 16.5. The third-order valence-corrected chi connectivity index (χ3v) is 12.6. The Morgan fingerprint density at radius 1 is 0.429 bits per heavy atom. The van der Waals surface area contributed by atoms with Gasteiger partial charge in [0.05, 0.1) is 105 Å². The molecule has 3 aromatic carbocycles. The highest BCUT2D eigenvalue weighted by atomic mass is 28.4. The summed E-state index contributed by atoms with van der Waals surface area (Å²) in [5, 5.41) is 2.48. The smallest absolute Gasteiger partial charge is 0.261 e. The Kier molecular flexibility index (Phi) is 20.2. The molecule has 0 aliphatic carbocycles. The molecule has 0 radical (unpaired) electrons. The van der Waals surface area contributed by atoms with Gasteiger partial charge in [-0.1, -0.05) is 93.6 Å². The molecule has 2 N–H and O–H groups in total. The number of para-hydroxylation sites is 2. The van der Waals surface area contributed by atoms with Crippen LogP contribution in [0.15, 0.2) is 84.9 Å². The van der Waals surface area contributed by atoms with E-state index in [1.807, 2.05) is 18.2 Å². The first kappa shape index (κ1) is 40.6. The summed E-state index contributed by atoms with van der Waals surface area (Å²) in [5.41, 5.74) is 6.45. The zero-order valence-electron chi connectivity index (χ0n) is 29.6. The molecule has 272 valence electrons. The summed E-state index contributed by atoms with van der Waals surface area (Å²) in [4.78, 5) is 0. The molecule has 3 aromatic rings. The van der Waals surface area contributed by atoms with Crippen molar-refractivity contribution in [1.82, 2.24) is 0 Å². The Hall–Kier alpha value is -2.84. The lowest BCUT2D eigenvalue weighted by Crippen LogP contribution is -2.66. The molecule has 11 heteroatoms. The van der Waals surface area contributed by atoms with E-state index in [-0.39, 0.29) is 5.04 Å². The van der Waals surface area contributed by atoms with Crippen LogP contribution >= 0.6 is 0 Å². The lowest BCUT2D eigenvalue weighted by molar-refractivity contribution is -0.0219. The maximum absolute atomic E-state index is 6.84. The Labute approximate surface area is 294 Å². The van der Waals surface area contributed by atoms with Crippen LogP contribution in [0.3, 0.4) is 0 Å². The molecule has 10 nitrogen and oxygen atoms in total. The van der Waals surface area contributed by atoms with Crippen LogP contribution in [0.25, 0.3) is 0 Å². The zero-order chi connectivity index (χ0) is 34.9. The minimum Gasteiger partial charge on any atom is -0.489 e. The molecule has 49 heavy (non-hydrogen) atoms. The predicted octanol–water partition coefficient (Wildman–Crippen LogP) is 4.34. The van der Waals surface area contributed by atoms with Gasteiger partial charge in [-0.3, -0.25) is 0 Å². The topological polar surface area (TPSA) is 109 Å². The summed E-state index contributed by atoms with van der Waals surface area (Å²) >= 11 is 0. The van der Waals surface area contributed by atoms with Crippen molar-refractivity contribution in [2.45, 2.75) is 25.8 Å². The summed E-state index contributed by atoms with van der Waals surface area (Å²) in [6, 6.07) is 28.7. The van der Waals surface area contributed by atoms with Gasteiger partial charge in [-0.05, 0) is 27.5 Å². The van der Waals surface area contributed by atoms with Gasteiger partial charge in [-0.25, -0.2) is 0 Å². The van der Waals surface area contributed by atoms with Gasteiger partial charge >= 0.3 is 0 Å². The molecule has 0 fully saturated rings. The van der Waals surface area contributed by atoms with Crippen molar-refractivity contribution >= 4 is 24.4 Å². The van der Waals surface area contributed by atoms with Crippen molar-refractivity contribution in [3.63, 3.8) is 0 Å². The Morgan fingerprint density at radius 2 is 0.755 bits per heavy atom. The Bertz CT molecular complexity index is 1190. The zero-order valence-corrected chi connectivity index (χ0v) is 30.6. The van der Waals surface area contributed by atoms with Gasteiger partial charge in [0.15, 0.2) is 0 Å². The van der Waals surface area contributed by atoms with Crippen LogP contribution in [0.1, 0.15) is 20.8 Å². The van der Waals surface area contributed by atoms with E-state index >= 15 is 0 Å².